The van der Waals surface area contributed by atoms with Gasteiger partial charge in [0, 0.05) is 22.6 Å². The normalized spacial score (nSPS) is 11.8. The molecule has 0 amide bonds. The predicted octanol–water partition coefficient (Wildman–Crippen LogP) is 5.47. The van der Waals surface area contributed by atoms with E-state index in [2.05, 4.69) is 10.2 Å². The molecule has 0 fully saturated rings. The van der Waals surface area contributed by atoms with Crippen LogP contribution in [0.3, 0.4) is 0 Å². The molecule has 0 saturated heterocycles. The molecule has 0 saturated carbocycles. The van der Waals surface area contributed by atoms with Crippen LogP contribution in [0, 0.1) is 0 Å². The summed E-state index contributed by atoms with van der Waals surface area (Å²) in [7, 11) is 1.63. The van der Waals surface area contributed by atoms with Gasteiger partial charge in [0.25, 0.3) is 0 Å². The zero-order valence-corrected chi connectivity index (χ0v) is 17.2. The van der Waals surface area contributed by atoms with E-state index in [1.165, 1.54) is 0 Å². The molecule has 1 aromatic heterocycles. The number of rotatable bonds is 7. The maximum Gasteiger partial charge on any atom is 0.165 e. The van der Waals surface area contributed by atoms with Gasteiger partial charge in [0.05, 0.1) is 13.3 Å². The van der Waals surface area contributed by atoms with E-state index in [0.29, 0.717) is 10.6 Å². The Labute approximate surface area is 179 Å². The maximum atomic E-state index is 12.9. The van der Waals surface area contributed by atoms with Crippen molar-refractivity contribution in [2.24, 2.45) is 0 Å². The fourth-order valence-electron chi connectivity index (χ4n) is 3.26. The number of hydrogen-bond acceptors (Lipinski definition) is 4. The first-order valence-electron chi connectivity index (χ1n) is 9.54. The fourth-order valence-corrected chi connectivity index (χ4v) is 3.38. The van der Waals surface area contributed by atoms with Crippen LogP contribution in [0.5, 0.6) is 5.75 Å². The highest BCUT2D eigenvalue weighted by molar-refractivity contribution is 6.30. The summed E-state index contributed by atoms with van der Waals surface area (Å²) in [6.07, 6.45) is 1.94. The highest BCUT2D eigenvalue weighted by Crippen LogP contribution is 2.26. The molecule has 1 unspecified atom stereocenters. The van der Waals surface area contributed by atoms with Gasteiger partial charge in [-0.15, -0.1) is 0 Å². The Bertz CT molecular complexity index is 1120. The number of ether oxygens (including phenoxy) is 1. The van der Waals surface area contributed by atoms with Crippen molar-refractivity contribution < 1.29 is 9.53 Å². The maximum absolute atomic E-state index is 12.9. The van der Waals surface area contributed by atoms with E-state index in [1.54, 1.807) is 18.1 Å². The first-order chi connectivity index (χ1) is 14.6. The van der Waals surface area contributed by atoms with Crippen LogP contribution < -0.4 is 4.74 Å². The molecule has 0 spiro atoms. The fraction of sp³-hybridized carbons (Fsp3) is 0.125. The smallest absolute Gasteiger partial charge is 0.165 e. The predicted molar refractivity (Wildman–Crippen MR) is 117 cm³/mol. The van der Waals surface area contributed by atoms with Crippen LogP contribution in [0.1, 0.15) is 28.4 Å². The average Bonchev–Trinajstić information content (AvgIpc) is 3.28. The van der Waals surface area contributed by atoms with Crippen LogP contribution >= 0.6 is 11.6 Å². The summed E-state index contributed by atoms with van der Waals surface area (Å²) in [5, 5.41) is 9.77. The third kappa shape index (κ3) is 4.42. The second kappa shape index (κ2) is 8.93. The summed E-state index contributed by atoms with van der Waals surface area (Å²) in [4.78, 5) is 14.5. The molecule has 30 heavy (non-hydrogen) atoms. The van der Waals surface area contributed by atoms with E-state index >= 15 is 0 Å². The number of nitrogens with zero attached hydrogens (tertiary/aromatic N) is 3. The molecule has 0 aliphatic heterocycles. The van der Waals surface area contributed by atoms with Crippen molar-refractivity contribution in [1.29, 1.82) is 0 Å². The van der Waals surface area contributed by atoms with Crippen molar-refractivity contribution >= 4 is 17.4 Å². The van der Waals surface area contributed by atoms with Crippen LogP contribution in [0.15, 0.2) is 85.1 Å². The SMILES string of the molecule is COc1ccc(-c2cnn(C(CC(=O)c3ccccc3)c3ccc(Cl)cc3)n2)cc1. The van der Waals surface area contributed by atoms with E-state index in [9.17, 15) is 4.79 Å². The number of ketones is 1. The Morgan fingerprint density at radius 1 is 1.00 bits per heavy atom. The molecule has 1 heterocycles. The third-order valence-corrected chi connectivity index (χ3v) is 5.15. The number of carbonyl (C=O) groups is 1. The van der Waals surface area contributed by atoms with Crippen LogP contribution in [0.4, 0.5) is 0 Å². The number of Topliss-reactive ketones (excluding diaryl/α,β-unsaturated/α-hetero) is 1. The zero-order valence-electron chi connectivity index (χ0n) is 16.4. The van der Waals surface area contributed by atoms with Crippen molar-refractivity contribution in [1.82, 2.24) is 15.0 Å². The van der Waals surface area contributed by atoms with E-state index in [1.807, 2.05) is 78.9 Å². The average molecular weight is 418 g/mol. The summed E-state index contributed by atoms with van der Waals surface area (Å²) in [6.45, 7) is 0. The van der Waals surface area contributed by atoms with Crippen LogP contribution in [0.25, 0.3) is 11.3 Å². The molecule has 0 aliphatic carbocycles. The van der Waals surface area contributed by atoms with Gasteiger partial charge in [-0.1, -0.05) is 54.1 Å². The van der Waals surface area contributed by atoms with Gasteiger partial charge in [0.2, 0.25) is 0 Å². The standard InChI is InChI=1S/C24H20ClN3O2/c1-30-21-13-9-17(10-14-21)22-16-26-28(27-22)23(18-7-11-20(25)12-8-18)15-24(29)19-5-3-2-4-6-19/h2-14,16,23H,15H2,1H3. The minimum Gasteiger partial charge on any atom is -0.497 e. The van der Waals surface area contributed by atoms with Gasteiger partial charge >= 0.3 is 0 Å². The molecule has 3 aromatic carbocycles. The highest BCUT2D eigenvalue weighted by Gasteiger charge is 2.21. The molecule has 0 radical (unpaired) electrons. The van der Waals surface area contributed by atoms with E-state index in [4.69, 9.17) is 16.3 Å². The minimum atomic E-state index is -0.345. The van der Waals surface area contributed by atoms with Gasteiger partial charge in [-0.3, -0.25) is 4.79 Å². The summed E-state index contributed by atoms with van der Waals surface area (Å²) in [6, 6.07) is 24.0. The van der Waals surface area contributed by atoms with Crippen molar-refractivity contribution in [3.8, 4) is 17.0 Å². The van der Waals surface area contributed by atoms with Gasteiger partial charge in [-0.25, -0.2) is 0 Å². The second-order valence-electron chi connectivity index (χ2n) is 6.84. The summed E-state index contributed by atoms with van der Waals surface area (Å²) < 4.78 is 5.21. The third-order valence-electron chi connectivity index (χ3n) is 4.90. The molecular formula is C24H20ClN3O2. The van der Waals surface area contributed by atoms with Crippen LogP contribution in [0.2, 0.25) is 5.02 Å². The van der Waals surface area contributed by atoms with Gasteiger partial charge < -0.3 is 4.74 Å². The Hall–Kier alpha value is -3.44. The quantitative estimate of drug-likeness (QED) is 0.374. The first-order valence-corrected chi connectivity index (χ1v) is 9.92. The molecule has 0 N–H and O–H groups in total. The lowest BCUT2D eigenvalue weighted by atomic mass is 9.98. The molecule has 150 valence electrons. The number of carbonyl (C=O) groups excluding carboxylic acids is 1. The molecular weight excluding hydrogens is 398 g/mol. The second-order valence-corrected chi connectivity index (χ2v) is 7.28. The molecule has 6 heteroatoms. The zero-order chi connectivity index (χ0) is 20.9. The van der Waals surface area contributed by atoms with Crippen molar-refractivity contribution in [2.45, 2.75) is 12.5 Å². The molecule has 5 nitrogen and oxygen atoms in total. The summed E-state index contributed by atoms with van der Waals surface area (Å²) in [5.41, 5.74) is 3.23. The van der Waals surface area contributed by atoms with Crippen molar-refractivity contribution in [3.63, 3.8) is 0 Å². The number of hydrogen-bond donors (Lipinski definition) is 0. The van der Waals surface area contributed by atoms with Crippen molar-refractivity contribution in [3.05, 3.63) is 101 Å². The van der Waals surface area contributed by atoms with Gasteiger partial charge in [-0.2, -0.15) is 15.0 Å². The number of methoxy groups -OCH3 is 1. The number of aromatic nitrogens is 3. The van der Waals surface area contributed by atoms with Crippen LogP contribution in [-0.2, 0) is 0 Å². The molecule has 4 rings (SSSR count). The van der Waals surface area contributed by atoms with E-state index in [0.717, 1.165) is 22.6 Å². The topological polar surface area (TPSA) is 57.0 Å². The molecule has 0 aliphatic rings. The van der Waals surface area contributed by atoms with Gasteiger partial charge in [0.15, 0.2) is 5.78 Å². The lowest BCUT2D eigenvalue weighted by Crippen LogP contribution is -2.18. The minimum absolute atomic E-state index is 0.0267. The van der Waals surface area contributed by atoms with Gasteiger partial charge in [0.1, 0.15) is 17.5 Å². The Morgan fingerprint density at radius 3 is 2.37 bits per heavy atom. The monoisotopic (exact) mass is 417 g/mol. The van der Waals surface area contributed by atoms with Crippen molar-refractivity contribution in [2.75, 3.05) is 7.11 Å². The summed E-state index contributed by atoms with van der Waals surface area (Å²) in [5.74, 6) is 0.803. The van der Waals surface area contributed by atoms with Crippen LogP contribution in [-0.4, -0.2) is 27.9 Å². The summed E-state index contributed by atoms with van der Waals surface area (Å²) >= 11 is 6.06. The molecule has 0 bridgehead atoms. The Balaban J connectivity index is 1.66. The van der Waals surface area contributed by atoms with E-state index in [-0.39, 0.29) is 18.2 Å². The first kappa shape index (κ1) is 19.9. The number of halogens is 1. The molecule has 4 aromatic rings. The molecule has 1 atom stereocenters. The number of benzene rings is 3. The lowest BCUT2D eigenvalue weighted by molar-refractivity contribution is 0.0964. The Morgan fingerprint density at radius 2 is 1.70 bits per heavy atom. The largest absolute Gasteiger partial charge is 0.497 e. The van der Waals surface area contributed by atoms with Gasteiger partial charge in [-0.05, 0) is 42.0 Å². The lowest BCUT2D eigenvalue weighted by Gasteiger charge is -2.16. The van der Waals surface area contributed by atoms with E-state index < -0.39 is 0 Å². The highest BCUT2D eigenvalue weighted by atomic mass is 35.5. The Kier molecular flexibility index (Phi) is 5.91.